The van der Waals surface area contributed by atoms with Gasteiger partial charge in [-0.05, 0) is 55.0 Å². The Bertz CT molecular complexity index is 1230. The maximum absolute atomic E-state index is 14.4. The van der Waals surface area contributed by atoms with Gasteiger partial charge >= 0.3 is 0 Å². The number of aryl methyl sites for hydroxylation is 1. The first-order chi connectivity index (χ1) is 16.0. The summed E-state index contributed by atoms with van der Waals surface area (Å²) >= 11 is 0. The summed E-state index contributed by atoms with van der Waals surface area (Å²) in [5.74, 6) is -1.64. The fourth-order valence-electron chi connectivity index (χ4n) is 3.26. The largest absolute Gasteiger partial charge is 0.339 e. The molecule has 2 aromatic carbocycles. The molecule has 0 aliphatic rings. The molecule has 168 valence electrons. The maximum atomic E-state index is 14.4. The molecule has 2 heterocycles. The van der Waals surface area contributed by atoms with Crippen molar-refractivity contribution in [1.29, 1.82) is 0 Å². The highest BCUT2D eigenvalue weighted by molar-refractivity contribution is 5.93. The maximum Gasteiger partial charge on any atom is 0.227 e. The lowest BCUT2D eigenvalue weighted by molar-refractivity contribution is -0.118. The van der Waals surface area contributed by atoms with Crippen LogP contribution in [-0.4, -0.2) is 21.0 Å². The third-order valence-corrected chi connectivity index (χ3v) is 4.90. The molecule has 4 aromatic rings. The quantitative estimate of drug-likeness (QED) is 0.372. The Kier molecular flexibility index (Phi) is 6.77. The van der Waals surface area contributed by atoms with Crippen molar-refractivity contribution < 1.29 is 22.5 Å². The van der Waals surface area contributed by atoms with Gasteiger partial charge in [0.1, 0.15) is 17.5 Å². The average molecular weight is 452 g/mol. The summed E-state index contributed by atoms with van der Waals surface area (Å²) < 4.78 is 46.1. The molecule has 0 saturated carbocycles. The van der Waals surface area contributed by atoms with E-state index in [0.29, 0.717) is 35.8 Å². The minimum Gasteiger partial charge on any atom is -0.339 e. The molecule has 4 rings (SSSR count). The van der Waals surface area contributed by atoms with E-state index in [1.807, 2.05) is 0 Å². The van der Waals surface area contributed by atoms with Crippen LogP contribution in [0.5, 0.6) is 0 Å². The molecular formula is C24H19F3N4O2. The number of anilines is 1. The molecule has 0 fully saturated rings. The minimum atomic E-state index is -0.833. The molecule has 1 amide bonds. The van der Waals surface area contributed by atoms with Crippen molar-refractivity contribution in [2.24, 2.45) is 0 Å². The molecule has 0 N–H and O–H groups in total. The summed E-state index contributed by atoms with van der Waals surface area (Å²) in [7, 11) is 0. The zero-order valence-corrected chi connectivity index (χ0v) is 17.4. The molecule has 0 bridgehead atoms. The molecule has 6 nitrogen and oxygen atoms in total. The third-order valence-electron chi connectivity index (χ3n) is 4.90. The van der Waals surface area contributed by atoms with Crippen LogP contribution in [0.25, 0.3) is 11.4 Å². The van der Waals surface area contributed by atoms with Crippen LogP contribution in [0.3, 0.4) is 0 Å². The van der Waals surface area contributed by atoms with Crippen molar-refractivity contribution in [3.8, 4) is 11.4 Å². The molecule has 0 saturated heterocycles. The van der Waals surface area contributed by atoms with E-state index in [1.54, 1.807) is 36.5 Å². The van der Waals surface area contributed by atoms with Gasteiger partial charge in [-0.1, -0.05) is 11.2 Å². The van der Waals surface area contributed by atoms with E-state index in [9.17, 15) is 18.0 Å². The Morgan fingerprint density at radius 1 is 0.970 bits per heavy atom. The zero-order chi connectivity index (χ0) is 23.2. The van der Waals surface area contributed by atoms with E-state index in [-0.39, 0.29) is 30.4 Å². The normalized spacial score (nSPS) is 10.9. The van der Waals surface area contributed by atoms with Gasteiger partial charge in [0.05, 0.1) is 17.9 Å². The number of benzene rings is 2. The van der Waals surface area contributed by atoms with E-state index < -0.39 is 11.6 Å². The van der Waals surface area contributed by atoms with Crippen molar-refractivity contribution in [1.82, 2.24) is 15.1 Å². The fraction of sp³-hybridized carbons (Fsp3) is 0.167. The van der Waals surface area contributed by atoms with Crippen LogP contribution in [0.2, 0.25) is 0 Å². The first kappa shape index (κ1) is 22.2. The highest BCUT2D eigenvalue weighted by Gasteiger charge is 2.21. The highest BCUT2D eigenvalue weighted by Crippen LogP contribution is 2.24. The first-order valence-corrected chi connectivity index (χ1v) is 10.2. The second-order valence-electron chi connectivity index (χ2n) is 7.27. The van der Waals surface area contributed by atoms with Gasteiger partial charge < -0.3 is 9.42 Å². The Morgan fingerprint density at radius 3 is 2.48 bits per heavy atom. The van der Waals surface area contributed by atoms with Crippen LogP contribution >= 0.6 is 0 Å². The van der Waals surface area contributed by atoms with Gasteiger partial charge in [0, 0.05) is 30.7 Å². The summed E-state index contributed by atoms with van der Waals surface area (Å²) in [6, 6.07) is 14.0. The Balaban J connectivity index is 1.43. The smallest absolute Gasteiger partial charge is 0.227 e. The number of pyridine rings is 1. The second-order valence-corrected chi connectivity index (χ2v) is 7.27. The predicted molar refractivity (Wildman–Crippen MR) is 114 cm³/mol. The topological polar surface area (TPSA) is 72.1 Å². The molecule has 0 spiro atoms. The standard InChI is InChI=1S/C24H19F3N4O2/c25-17-9-7-16(8-10-17)24-29-22(33-30-24)5-3-6-23(32)31(15-19-4-1-2-13-28-19)21-12-11-18(26)14-20(21)27/h1-2,4,7-14H,3,5-6,15H2. The van der Waals surface area contributed by atoms with Gasteiger partial charge in [0.2, 0.25) is 17.6 Å². The average Bonchev–Trinajstić information content (AvgIpc) is 3.28. The van der Waals surface area contributed by atoms with Gasteiger partial charge in [0.15, 0.2) is 0 Å². The van der Waals surface area contributed by atoms with E-state index in [2.05, 4.69) is 15.1 Å². The molecule has 0 radical (unpaired) electrons. The van der Waals surface area contributed by atoms with Crippen LogP contribution in [0.15, 0.2) is 71.4 Å². The van der Waals surface area contributed by atoms with Gasteiger partial charge in [0.25, 0.3) is 0 Å². The number of rotatable bonds is 8. The summed E-state index contributed by atoms with van der Waals surface area (Å²) in [5.41, 5.74) is 1.15. The number of carbonyl (C=O) groups is 1. The molecular weight excluding hydrogens is 433 g/mol. The zero-order valence-electron chi connectivity index (χ0n) is 17.4. The van der Waals surface area contributed by atoms with Crippen LogP contribution in [-0.2, 0) is 17.8 Å². The predicted octanol–water partition coefficient (Wildman–Crippen LogP) is 5.11. The van der Waals surface area contributed by atoms with Crippen molar-refractivity contribution in [2.45, 2.75) is 25.8 Å². The third kappa shape index (κ3) is 5.62. The fourth-order valence-corrected chi connectivity index (χ4v) is 3.26. The van der Waals surface area contributed by atoms with Gasteiger partial charge in [-0.25, -0.2) is 13.2 Å². The lowest BCUT2D eigenvalue weighted by atomic mass is 10.1. The Morgan fingerprint density at radius 2 is 1.76 bits per heavy atom. The number of hydrogen-bond donors (Lipinski definition) is 0. The van der Waals surface area contributed by atoms with E-state index in [1.165, 1.54) is 23.1 Å². The number of amides is 1. The monoisotopic (exact) mass is 452 g/mol. The molecule has 33 heavy (non-hydrogen) atoms. The summed E-state index contributed by atoms with van der Waals surface area (Å²) in [6.07, 6.45) is 2.33. The first-order valence-electron chi connectivity index (χ1n) is 10.2. The molecule has 2 aromatic heterocycles. The Hall–Kier alpha value is -4.01. The van der Waals surface area contributed by atoms with Gasteiger partial charge in [-0.3, -0.25) is 9.78 Å². The second kappa shape index (κ2) is 10.1. The summed E-state index contributed by atoms with van der Waals surface area (Å²) in [4.78, 5) is 22.7. The SMILES string of the molecule is O=C(CCCc1nc(-c2ccc(F)cc2)no1)N(Cc1ccccn1)c1ccc(F)cc1F. The van der Waals surface area contributed by atoms with Crippen LogP contribution < -0.4 is 4.90 Å². The molecule has 9 heteroatoms. The number of aromatic nitrogens is 3. The Labute approximate surface area is 187 Å². The van der Waals surface area contributed by atoms with Crippen LogP contribution in [0, 0.1) is 17.5 Å². The summed E-state index contributed by atoms with van der Waals surface area (Å²) in [5, 5.41) is 3.87. The molecule has 0 unspecified atom stereocenters. The van der Waals surface area contributed by atoms with Gasteiger partial charge in [-0.2, -0.15) is 4.98 Å². The number of halogens is 3. The molecule has 0 aliphatic heterocycles. The van der Waals surface area contributed by atoms with E-state index >= 15 is 0 Å². The lowest BCUT2D eigenvalue weighted by Gasteiger charge is -2.23. The van der Waals surface area contributed by atoms with E-state index in [4.69, 9.17) is 4.52 Å². The number of carbonyl (C=O) groups excluding carboxylic acids is 1. The lowest BCUT2D eigenvalue weighted by Crippen LogP contribution is -2.31. The molecule has 0 aliphatic carbocycles. The van der Waals surface area contributed by atoms with Crippen molar-refractivity contribution >= 4 is 11.6 Å². The number of nitrogens with zero attached hydrogens (tertiary/aromatic N) is 4. The van der Waals surface area contributed by atoms with Gasteiger partial charge in [-0.15, -0.1) is 0 Å². The van der Waals surface area contributed by atoms with Crippen molar-refractivity contribution in [3.05, 3.63) is 95.9 Å². The van der Waals surface area contributed by atoms with Crippen molar-refractivity contribution in [2.75, 3.05) is 4.90 Å². The van der Waals surface area contributed by atoms with Crippen LogP contribution in [0.1, 0.15) is 24.4 Å². The minimum absolute atomic E-state index is 0.0246. The number of hydrogen-bond acceptors (Lipinski definition) is 5. The van der Waals surface area contributed by atoms with E-state index in [0.717, 1.165) is 12.1 Å². The summed E-state index contributed by atoms with van der Waals surface area (Å²) in [6.45, 7) is 0.0392. The molecule has 0 atom stereocenters. The van der Waals surface area contributed by atoms with Crippen molar-refractivity contribution in [3.63, 3.8) is 0 Å². The van der Waals surface area contributed by atoms with Crippen LogP contribution in [0.4, 0.5) is 18.9 Å². The highest BCUT2D eigenvalue weighted by atomic mass is 19.1.